The van der Waals surface area contributed by atoms with Crippen LogP contribution in [0.3, 0.4) is 0 Å². The summed E-state index contributed by atoms with van der Waals surface area (Å²) in [5.41, 5.74) is 0. The molecule has 0 aromatic carbocycles. The van der Waals surface area contributed by atoms with Crippen LogP contribution in [0.4, 0.5) is 4.79 Å². The molecule has 0 atom stereocenters. The van der Waals surface area contributed by atoms with Gasteiger partial charge < -0.3 is 0 Å². The van der Waals surface area contributed by atoms with Gasteiger partial charge in [-0.05, 0) is 27.7 Å². The second kappa shape index (κ2) is 6.71. The summed E-state index contributed by atoms with van der Waals surface area (Å²) in [6, 6.07) is 0. The van der Waals surface area contributed by atoms with Crippen LogP contribution in [0.2, 0.25) is 0 Å². The molecule has 0 aliphatic rings. The molecule has 1 N–H and O–H groups in total. The van der Waals surface area contributed by atoms with Crippen LogP contribution in [0.1, 0.15) is 27.7 Å². The molecule has 4 nitrogen and oxygen atoms in total. The Kier molecular flexibility index (Phi) is 6.32. The van der Waals surface area contributed by atoms with Gasteiger partial charge in [-0.3, -0.25) is 0 Å². The van der Waals surface area contributed by atoms with Crippen molar-refractivity contribution in [1.29, 1.82) is 0 Å². The number of amides is 1. The Morgan fingerprint density at radius 3 is 1.92 bits per heavy atom. The van der Waals surface area contributed by atoms with Gasteiger partial charge in [0, 0.05) is 13.1 Å². The lowest BCUT2D eigenvalue weighted by Gasteiger charge is -2.10. The van der Waals surface area contributed by atoms with Crippen LogP contribution in [0.5, 0.6) is 0 Å². The highest BCUT2D eigenvalue weighted by molar-refractivity contribution is 5.66. The Balaban J connectivity index is 3.95. The zero-order valence-corrected chi connectivity index (χ0v) is 9.09. The van der Waals surface area contributed by atoms with Crippen LogP contribution in [0.25, 0.3) is 0 Å². The predicted molar refractivity (Wildman–Crippen MR) is 51.4 cm³/mol. The fourth-order valence-corrected chi connectivity index (χ4v) is 1.06. The Morgan fingerprint density at radius 2 is 1.62 bits per heavy atom. The molecular weight excluding hydrogens is 168 g/mol. The van der Waals surface area contributed by atoms with E-state index >= 15 is 0 Å². The number of hydroxylamine groups is 2. The van der Waals surface area contributed by atoms with E-state index in [0.29, 0.717) is 13.1 Å². The lowest BCUT2D eigenvalue weighted by Crippen LogP contribution is -3.11. The molecule has 1 amide bonds. The molecule has 77 valence electrons. The van der Waals surface area contributed by atoms with Crippen molar-refractivity contribution in [3.8, 4) is 0 Å². The van der Waals surface area contributed by atoms with Gasteiger partial charge in [0.1, 0.15) is 13.1 Å². The molecule has 0 saturated heterocycles. The van der Waals surface area contributed by atoms with Gasteiger partial charge in [-0.15, -0.1) is 0 Å². The highest BCUT2D eigenvalue weighted by atomic mass is 16.7. The lowest BCUT2D eigenvalue weighted by molar-refractivity contribution is -1.07. The van der Waals surface area contributed by atoms with E-state index in [4.69, 9.17) is 4.84 Å². The molecule has 0 spiro atoms. The van der Waals surface area contributed by atoms with E-state index in [1.807, 2.05) is 27.7 Å². The van der Waals surface area contributed by atoms with Gasteiger partial charge in [0.05, 0.1) is 4.79 Å². The van der Waals surface area contributed by atoms with Crippen molar-refractivity contribution in [2.24, 2.45) is 0 Å². The fraction of sp³-hybridized carbons (Fsp3) is 0.889. The highest BCUT2D eigenvalue weighted by Crippen LogP contribution is 1.88. The molecule has 0 aliphatic heterocycles. The van der Waals surface area contributed by atoms with Gasteiger partial charge in [-0.1, -0.05) is 9.90 Å². The molecule has 0 bridgehead atoms. The number of rotatable bonds is 5. The van der Waals surface area contributed by atoms with Gasteiger partial charge in [0.15, 0.2) is 0 Å². The highest BCUT2D eigenvalue weighted by Gasteiger charge is 2.31. The number of carbonyl (C=O) groups is 1. The normalized spacial score (nSPS) is 10.2. The van der Waals surface area contributed by atoms with Crippen molar-refractivity contribution in [2.75, 3.05) is 26.2 Å². The zero-order valence-electron chi connectivity index (χ0n) is 9.09. The van der Waals surface area contributed by atoms with E-state index in [0.717, 1.165) is 18.2 Å². The Morgan fingerprint density at radius 1 is 1.15 bits per heavy atom. The SMILES string of the molecule is CCN(CC)C(=[O+])O[NH+](CC)CC. The summed E-state index contributed by atoms with van der Waals surface area (Å²) >= 11 is 0. The minimum absolute atomic E-state index is 0.219. The van der Waals surface area contributed by atoms with Crippen LogP contribution in [0.15, 0.2) is 0 Å². The first-order valence-electron chi connectivity index (χ1n) is 5.00. The molecule has 0 unspecified atom stereocenters. The number of hydrogen-bond donors (Lipinski definition) is 1. The van der Waals surface area contributed by atoms with Gasteiger partial charge in [0.25, 0.3) is 0 Å². The van der Waals surface area contributed by atoms with Gasteiger partial charge in [-0.2, -0.15) is 0 Å². The molecule has 0 fully saturated rings. The third kappa shape index (κ3) is 4.12. The first-order chi connectivity index (χ1) is 6.19. The van der Waals surface area contributed by atoms with Gasteiger partial charge >= 0.3 is 6.09 Å². The number of nitrogens with one attached hydrogen (secondary N) is 1. The van der Waals surface area contributed by atoms with E-state index in [2.05, 4.69) is 0 Å². The maximum atomic E-state index is 11.4. The zero-order chi connectivity index (χ0) is 10.3. The molecule has 1 radical (unpaired) electrons. The fourth-order valence-electron chi connectivity index (χ4n) is 1.06. The van der Waals surface area contributed by atoms with Crippen molar-refractivity contribution in [2.45, 2.75) is 27.7 Å². The van der Waals surface area contributed by atoms with Crippen molar-refractivity contribution in [1.82, 2.24) is 4.90 Å². The summed E-state index contributed by atoms with van der Waals surface area (Å²) < 4.78 is 0. The molecule has 0 heterocycles. The van der Waals surface area contributed by atoms with E-state index in [9.17, 15) is 4.79 Å². The number of carbonyl (C=O) groups excluding carboxylic acids is 1. The van der Waals surface area contributed by atoms with E-state index in [1.165, 1.54) is 0 Å². The van der Waals surface area contributed by atoms with Crippen LogP contribution in [-0.2, 0) is 4.84 Å². The average Bonchev–Trinajstić information content (AvgIpc) is 2.16. The second-order valence-electron chi connectivity index (χ2n) is 2.79. The van der Waals surface area contributed by atoms with Crippen molar-refractivity contribution in [3.05, 3.63) is 0 Å². The maximum absolute atomic E-state index is 11.4. The Labute approximate surface area is 80.4 Å². The minimum Gasteiger partial charge on any atom is -0.247 e. The summed E-state index contributed by atoms with van der Waals surface area (Å²) in [7, 11) is 0. The third-order valence-corrected chi connectivity index (χ3v) is 2.04. The van der Waals surface area contributed by atoms with Crippen LogP contribution < -0.4 is 5.06 Å². The molecule has 13 heavy (non-hydrogen) atoms. The predicted octanol–water partition coefficient (Wildman–Crippen LogP) is 0.304. The monoisotopic (exact) mass is 189 g/mol. The molecule has 0 aliphatic carbocycles. The Bertz CT molecular complexity index is 143. The smallest absolute Gasteiger partial charge is 0.247 e. The van der Waals surface area contributed by atoms with Crippen LogP contribution in [-0.4, -0.2) is 37.2 Å². The summed E-state index contributed by atoms with van der Waals surface area (Å²) in [5, 5.41) is 0.858. The topological polar surface area (TPSA) is 36.8 Å². The van der Waals surface area contributed by atoms with E-state index in [1.54, 1.807) is 4.90 Å². The van der Waals surface area contributed by atoms with E-state index < -0.39 is 0 Å². The number of hydrogen-bond acceptors (Lipinski definition) is 2. The first-order valence-corrected chi connectivity index (χ1v) is 5.00. The number of quaternary nitrogens is 1. The number of nitrogens with zero attached hydrogens (tertiary/aromatic N) is 1. The van der Waals surface area contributed by atoms with Crippen molar-refractivity contribution in [3.63, 3.8) is 0 Å². The standard InChI is InChI=1S/C9H20N2O2/c1-5-10(6-2)9(12)13-11(7-3)8-4/h5-8H2,1-4H3/q+1/p+1. The van der Waals surface area contributed by atoms with Gasteiger partial charge in [0.2, 0.25) is 0 Å². The van der Waals surface area contributed by atoms with Crippen LogP contribution >= 0.6 is 0 Å². The molecule has 0 rings (SSSR count). The molecule has 4 heteroatoms. The third-order valence-electron chi connectivity index (χ3n) is 2.04. The van der Waals surface area contributed by atoms with Crippen LogP contribution in [0, 0.1) is 0 Å². The molecule has 0 aromatic rings. The molecular formula is C9H21N2O2+2. The average molecular weight is 189 g/mol. The minimum atomic E-state index is -0.219. The first kappa shape index (κ1) is 12.2. The van der Waals surface area contributed by atoms with Crippen molar-refractivity contribution >= 4 is 6.09 Å². The summed E-state index contributed by atoms with van der Waals surface area (Å²) in [4.78, 5) is 18.3. The quantitative estimate of drug-likeness (QED) is 0.499. The summed E-state index contributed by atoms with van der Waals surface area (Å²) in [6.07, 6.45) is -0.219. The second-order valence-corrected chi connectivity index (χ2v) is 2.79. The molecule has 0 aromatic heterocycles. The lowest BCUT2D eigenvalue weighted by atomic mass is 10.6. The summed E-state index contributed by atoms with van der Waals surface area (Å²) in [6.45, 7) is 10.9. The van der Waals surface area contributed by atoms with Crippen molar-refractivity contribution < 1.29 is 14.7 Å². The maximum Gasteiger partial charge on any atom is 0.746 e. The molecule has 0 saturated carbocycles. The summed E-state index contributed by atoms with van der Waals surface area (Å²) in [5.74, 6) is 0. The van der Waals surface area contributed by atoms with E-state index in [-0.39, 0.29) is 6.09 Å². The van der Waals surface area contributed by atoms with Gasteiger partial charge in [-0.25, -0.2) is 4.90 Å². The largest absolute Gasteiger partial charge is 0.746 e. The Hall–Kier alpha value is -0.770.